The van der Waals surface area contributed by atoms with Gasteiger partial charge in [-0.1, -0.05) is 29.8 Å². The largest absolute Gasteiger partial charge is 0.356 e. The zero-order valence-electron chi connectivity index (χ0n) is 13.5. The number of aromatic nitrogens is 4. The minimum atomic E-state index is -0.227. The molecule has 3 heterocycles. The Labute approximate surface area is 138 Å². The molecule has 4 rings (SSSR count). The van der Waals surface area contributed by atoms with Crippen molar-refractivity contribution in [1.29, 1.82) is 0 Å². The molecule has 0 saturated carbocycles. The summed E-state index contributed by atoms with van der Waals surface area (Å²) in [5, 5.41) is 4.36. The molecule has 0 aliphatic rings. The van der Waals surface area contributed by atoms with Gasteiger partial charge in [-0.15, -0.1) is 5.10 Å². The zero-order valence-corrected chi connectivity index (χ0v) is 13.5. The van der Waals surface area contributed by atoms with Crippen LogP contribution in [0, 0.1) is 13.8 Å². The quantitative estimate of drug-likeness (QED) is 0.571. The first-order valence-electron chi connectivity index (χ1n) is 7.74. The number of pyridine rings is 2. The summed E-state index contributed by atoms with van der Waals surface area (Å²) in [6.07, 6.45) is 3.48. The molecule has 5 heteroatoms. The fourth-order valence-corrected chi connectivity index (χ4v) is 2.90. The summed E-state index contributed by atoms with van der Waals surface area (Å²) >= 11 is 0. The number of aryl methyl sites for hydroxylation is 2. The van der Waals surface area contributed by atoms with Gasteiger partial charge < -0.3 is 0 Å². The third-order valence-electron chi connectivity index (χ3n) is 4.08. The number of nitrogens with zero attached hydrogens (tertiary/aromatic N) is 4. The first-order chi connectivity index (χ1) is 11.6. The summed E-state index contributed by atoms with van der Waals surface area (Å²) in [6.45, 7) is 4.15. The number of rotatable bonds is 2. The van der Waals surface area contributed by atoms with Crippen LogP contribution in [0.25, 0.3) is 22.6 Å². The van der Waals surface area contributed by atoms with Gasteiger partial charge in [0.05, 0.1) is 0 Å². The molecular formula is C19H16N4O. The standard InChI is InChI=1S/C19H16N4O/c1-13-6-8-16(14(2)11-13)15-7-9-18-21-23(19(24)22(18)12-15)17-5-3-4-10-20-17/h3-12H,1-2H3. The van der Waals surface area contributed by atoms with Gasteiger partial charge in [-0.05, 0) is 54.8 Å². The van der Waals surface area contributed by atoms with Crippen molar-refractivity contribution in [2.24, 2.45) is 0 Å². The molecule has 0 unspecified atom stereocenters. The third-order valence-corrected chi connectivity index (χ3v) is 4.08. The number of hydrogen-bond donors (Lipinski definition) is 0. The van der Waals surface area contributed by atoms with Crippen molar-refractivity contribution in [3.05, 3.63) is 82.5 Å². The highest BCUT2D eigenvalue weighted by atomic mass is 16.2. The lowest BCUT2D eigenvalue weighted by molar-refractivity contribution is 0.810. The summed E-state index contributed by atoms with van der Waals surface area (Å²) < 4.78 is 2.88. The Hall–Kier alpha value is -3.21. The molecule has 0 aliphatic carbocycles. The van der Waals surface area contributed by atoms with Crippen molar-refractivity contribution in [1.82, 2.24) is 19.2 Å². The minimum Gasteiger partial charge on any atom is -0.249 e. The molecule has 0 saturated heterocycles. The van der Waals surface area contributed by atoms with E-state index < -0.39 is 0 Å². The number of hydrogen-bond acceptors (Lipinski definition) is 3. The lowest BCUT2D eigenvalue weighted by atomic mass is 10.0. The van der Waals surface area contributed by atoms with Crippen LogP contribution in [-0.4, -0.2) is 19.2 Å². The van der Waals surface area contributed by atoms with E-state index in [2.05, 4.69) is 42.1 Å². The Morgan fingerprint density at radius 1 is 1.00 bits per heavy atom. The highest BCUT2D eigenvalue weighted by Crippen LogP contribution is 2.24. The molecule has 0 aliphatic heterocycles. The SMILES string of the molecule is Cc1ccc(-c2ccc3nn(-c4ccccn4)c(=O)n3c2)c(C)c1. The zero-order chi connectivity index (χ0) is 16.7. The molecule has 0 fully saturated rings. The molecule has 0 amide bonds. The second-order valence-electron chi connectivity index (χ2n) is 5.85. The molecule has 0 bridgehead atoms. The van der Waals surface area contributed by atoms with Crippen LogP contribution in [0.5, 0.6) is 0 Å². The van der Waals surface area contributed by atoms with E-state index in [9.17, 15) is 4.79 Å². The van der Waals surface area contributed by atoms with Crippen LogP contribution < -0.4 is 5.69 Å². The van der Waals surface area contributed by atoms with E-state index in [4.69, 9.17) is 0 Å². The van der Waals surface area contributed by atoms with Gasteiger partial charge in [0.25, 0.3) is 0 Å². The van der Waals surface area contributed by atoms with Gasteiger partial charge in [-0.2, -0.15) is 4.68 Å². The predicted octanol–water partition coefficient (Wildman–Crippen LogP) is 3.16. The average molecular weight is 316 g/mol. The van der Waals surface area contributed by atoms with E-state index in [-0.39, 0.29) is 5.69 Å². The molecule has 118 valence electrons. The van der Waals surface area contributed by atoms with Crippen molar-refractivity contribution in [2.75, 3.05) is 0 Å². The third kappa shape index (κ3) is 2.31. The van der Waals surface area contributed by atoms with Crippen molar-refractivity contribution in [3.8, 4) is 16.9 Å². The lowest BCUT2D eigenvalue weighted by Gasteiger charge is -2.07. The summed E-state index contributed by atoms with van der Waals surface area (Å²) in [4.78, 5) is 16.9. The van der Waals surface area contributed by atoms with E-state index in [0.29, 0.717) is 11.5 Å². The topological polar surface area (TPSA) is 52.2 Å². The van der Waals surface area contributed by atoms with E-state index in [1.54, 1.807) is 16.7 Å². The van der Waals surface area contributed by atoms with Crippen molar-refractivity contribution < 1.29 is 0 Å². The molecule has 0 atom stereocenters. The maximum Gasteiger partial charge on any atom is 0.356 e. The highest BCUT2D eigenvalue weighted by molar-refractivity contribution is 5.68. The first kappa shape index (κ1) is 14.4. The highest BCUT2D eigenvalue weighted by Gasteiger charge is 2.11. The second-order valence-corrected chi connectivity index (χ2v) is 5.85. The molecule has 0 spiro atoms. The van der Waals surface area contributed by atoms with Crippen LogP contribution in [0.15, 0.2) is 65.7 Å². The van der Waals surface area contributed by atoms with Crippen molar-refractivity contribution in [2.45, 2.75) is 13.8 Å². The van der Waals surface area contributed by atoms with E-state index in [1.807, 2.05) is 30.5 Å². The van der Waals surface area contributed by atoms with Crippen LogP contribution in [0.4, 0.5) is 0 Å². The number of fused-ring (bicyclic) bond motifs is 1. The van der Waals surface area contributed by atoms with Gasteiger partial charge >= 0.3 is 5.69 Å². The molecule has 4 aromatic rings. The molecule has 1 aromatic carbocycles. The smallest absolute Gasteiger partial charge is 0.249 e. The summed E-state index contributed by atoms with van der Waals surface area (Å²) in [7, 11) is 0. The fraction of sp³-hybridized carbons (Fsp3) is 0.105. The van der Waals surface area contributed by atoms with Gasteiger partial charge in [0.15, 0.2) is 11.5 Å². The Morgan fingerprint density at radius 2 is 1.88 bits per heavy atom. The minimum absolute atomic E-state index is 0.227. The molecule has 24 heavy (non-hydrogen) atoms. The lowest BCUT2D eigenvalue weighted by Crippen LogP contribution is -2.20. The van der Waals surface area contributed by atoms with E-state index in [0.717, 1.165) is 11.1 Å². The van der Waals surface area contributed by atoms with Crippen LogP contribution in [0.1, 0.15) is 11.1 Å². The average Bonchev–Trinajstić information content (AvgIpc) is 2.92. The normalized spacial score (nSPS) is 11.1. The van der Waals surface area contributed by atoms with Gasteiger partial charge in [0.1, 0.15) is 0 Å². The van der Waals surface area contributed by atoms with Gasteiger partial charge in [-0.25, -0.2) is 14.2 Å². The Kier molecular flexibility index (Phi) is 3.27. The van der Waals surface area contributed by atoms with Crippen LogP contribution in [0.2, 0.25) is 0 Å². The van der Waals surface area contributed by atoms with Crippen LogP contribution in [-0.2, 0) is 0 Å². The van der Waals surface area contributed by atoms with Gasteiger partial charge in [0.2, 0.25) is 0 Å². The van der Waals surface area contributed by atoms with Crippen LogP contribution in [0.3, 0.4) is 0 Å². The monoisotopic (exact) mass is 316 g/mol. The molecule has 3 aromatic heterocycles. The second kappa shape index (κ2) is 5.45. The van der Waals surface area contributed by atoms with Crippen LogP contribution >= 0.6 is 0 Å². The molecular weight excluding hydrogens is 300 g/mol. The Morgan fingerprint density at radius 3 is 2.62 bits per heavy atom. The van der Waals surface area contributed by atoms with Gasteiger partial charge in [-0.3, -0.25) is 0 Å². The molecule has 0 N–H and O–H groups in total. The fourth-order valence-electron chi connectivity index (χ4n) is 2.90. The van der Waals surface area contributed by atoms with E-state index in [1.165, 1.54) is 15.8 Å². The van der Waals surface area contributed by atoms with Gasteiger partial charge in [0, 0.05) is 12.4 Å². The maximum absolute atomic E-state index is 12.7. The molecule has 0 radical (unpaired) electrons. The Bertz CT molecular complexity index is 1090. The van der Waals surface area contributed by atoms with E-state index >= 15 is 0 Å². The maximum atomic E-state index is 12.7. The summed E-state index contributed by atoms with van der Waals surface area (Å²) in [6, 6.07) is 15.5. The van der Waals surface area contributed by atoms with Crippen molar-refractivity contribution in [3.63, 3.8) is 0 Å². The first-order valence-corrected chi connectivity index (χ1v) is 7.74. The molecule has 5 nitrogen and oxygen atoms in total. The number of benzene rings is 1. The summed E-state index contributed by atoms with van der Waals surface area (Å²) in [5.74, 6) is 0.513. The van der Waals surface area contributed by atoms with Crippen molar-refractivity contribution >= 4 is 5.65 Å². The summed E-state index contributed by atoms with van der Waals surface area (Å²) in [5.41, 5.74) is 4.87. The Balaban J connectivity index is 1.90. The predicted molar refractivity (Wildman–Crippen MR) is 93.5 cm³/mol.